The second-order valence-corrected chi connectivity index (χ2v) is 3.63. The summed E-state index contributed by atoms with van der Waals surface area (Å²) in [6.45, 7) is 0. The molecular formula is C14H11FN2O. The largest absolute Gasteiger partial charge is 0.508 e. The van der Waals surface area contributed by atoms with Gasteiger partial charge in [-0.3, -0.25) is 0 Å². The summed E-state index contributed by atoms with van der Waals surface area (Å²) in [5.41, 5.74) is 1.61. The Kier molecular flexibility index (Phi) is 3.81. The molecule has 0 radical (unpaired) electrons. The topological polar surface area (TPSA) is 45.0 Å². The molecular weight excluding hydrogens is 231 g/mol. The lowest BCUT2D eigenvalue weighted by Gasteiger charge is -1.92. The van der Waals surface area contributed by atoms with Gasteiger partial charge in [0, 0.05) is 0 Å². The SMILES string of the molecule is Oc1ccc(C=NN=Cc2ccc(F)cc2)cc1. The number of nitrogens with zero attached hydrogens (tertiary/aromatic N) is 2. The van der Waals surface area contributed by atoms with E-state index in [0.717, 1.165) is 11.1 Å². The minimum Gasteiger partial charge on any atom is -0.508 e. The van der Waals surface area contributed by atoms with Crippen LogP contribution in [0.4, 0.5) is 4.39 Å². The highest BCUT2D eigenvalue weighted by molar-refractivity contribution is 5.82. The van der Waals surface area contributed by atoms with Crippen LogP contribution < -0.4 is 0 Å². The van der Waals surface area contributed by atoms with E-state index in [4.69, 9.17) is 5.11 Å². The molecule has 0 aliphatic rings. The monoisotopic (exact) mass is 242 g/mol. The molecule has 0 unspecified atom stereocenters. The van der Waals surface area contributed by atoms with Crippen LogP contribution in [-0.4, -0.2) is 17.5 Å². The highest BCUT2D eigenvalue weighted by Crippen LogP contribution is 2.07. The van der Waals surface area contributed by atoms with Crippen LogP contribution in [0.3, 0.4) is 0 Å². The summed E-state index contributed by atoms with van der Waals surface area (Å²) in [5.74, 6) is -0.0679. The average Bonchev–Trinajstić information content (AvgIpc) is 2.39. The van der Waals surface area contributed by atoms with Gasteiger partial charge in [0.25, 0.3) is 0 Å². The van der Waals surface area contributed by atoms with E-state index in [1.165, 1.54) is 18.3 Å². The van der Waals surface area contributed by atoms with Crippen molar-refractivity contribution in [2.24, 2.45) is 10.2 Å². The number of aromatic hydroxyl groups is 1. The molecule has 0 bridgehead atoms. The molecule has 0 aliphatic heterocycles. The van der Waals surface area contributed by atoms with Crippen molar-refractivity contribution in [1.29, 1.82) is 0 Å². The third kappa shape index (κ3) is 3.52. The van der Waals surface area contributed by atoms with Gasteiger partial charge in [0.15, 0.2) is 0 Å². The second kappa shape index (κ2) is 5.72. The first-order valence-corrected chi connectivity index (χ1v) is 5.35. The van der Waals surface area contributed by atoms with Crippen LogP contribution >= 0.6 is 0 Å². The quantitative estimate of drug-likeness (QED) is 0.652. The molecule has 90 valence electrons. The van der Waals surface area contributed by atoms with E-state index in [9.17, 15) is 4.39 Å². The molecule has 2 aromatic rings. The van der Waals surface area contributed by atoms with Crippen molar-refractivity contribution < 1.29 is 9.50 Å². The lowest BCUT2D eigenvalue weighted by molar-refractivity contribution is 0.475. The predicted molar refractivity (Wildman–Crippen MR) is 69.7 cm³/mol. The Morgan fingerprint density at radius 3 is 1.72 bits per heavy atom. The van der Waals surface area contributed by atoms with Crippen molar-refractivity contribution >= 4 is 12.4 Å². The Balaban J connectivity index is 1.98. The van der Waals surface area contributed by atoms with Crippen molar-refractivity contribution in [1.82, 2.24) is 0 Å². The third-order valence-corrected chi connectivity index (χ3v) is 2.24. The zero-order valence-electron chi connectivity index (χ0n) is 9.49. The average molecular weight is 242 g/mol. The Hall–Kier alpha value is -2.49. The van der Waals surface area contributed by atoms with E-state index in [-0.39, 0.29) is 11.6 Å². The summed E-state index contributed by atoms with van der Waals surface area (Å²) in [4.78, 5) is 0. The number of halogens is 1. The fraction of sp³-hybridized carbons (Fsp3) is 0. The zero-order valence-corrected chi connectivity index (χ0v) is 9.49. The summed E-state index contributed by atoms with van der Waals surface area (Å²) in [6, 6.07) is 12.6. The molecule has 0 aromatic heterocycles. The first kappa shape index (κ1) is 12.0. The normalized spacial score (nSPS) is 11.4. The number of hydrogen-bond acceptors (Lipinski definition) is 3. The predicted octanol–water partition coefficient (Wildman–Crippen LogP) is 2.98. The third-order valence-electron chi connectivity index (χ3n) is 2.24. The lowest BCUT2D eigenvalue weighted by Crippen LogP contribution is -1.81. The molecule has 3 nitrogen and oxygen atoms in total. The van der Waals surface area contributed by atoms with Crippen molar-refractivity contribution in [2.75, 3.05) is 0 Å². The standard InChI is InChI=1S/C14H11FN2O/c15-13-5-1-11(2-6-13)9-16-17-10-12-3-7-14(18)8-4-12/h1-10,18H. The van der Waals surface area contributed by atoms with Gasteiger partial charge >= 0.3 is 0 Å². The van der Waals surface area contributed by atoms with Gasteiger partial charge in [-0.15, -0.1) is 0 Å². The van der Waals surface area contributed by atoms with E-state index in [1.807, 2.05) is 0 Å². The van der Waals surface area contributed by atoms with Gasteiger partial charge in [-0.1, -0.05) is 12.1 Å². The van der Waals surface area contributed by atoms with E-state index < -0.39 is 0 Å². The van der Waals surface area contributed by atoms with E-state index >= 15 is 0 Å². The van der Waals surface area contributed by atoms with Crippen LogP contribution in [-0.2, 0) is 0 Å². The number of phenols is 1. The molecule has 4 heteroatoms. The maximum atomic E-state index is 12.6. The minimum atomic E-state index is -0.278. The Bertz CT molecular complexity index is 506. The van der Waals surface area contributed by atoms with Gasteiger partial charge in [-0.2, -0.15) is 10.2 Å². The van der Waals surface area contributed by atoms with Crippen LogP contribution in [0.2, 0.25) is 0 Å². The molecule has 2 aromatic carbocycles. The summed E-state index contributed by atoms with van der Waals surface area (Å²) in [7, 11) is 0. The number of phenolic OH excluding ortho intramolecular Hbond substituents is 1. The molecule has 0 fully saturated rings. The molecule has 0 saturated carbocycles. The summed E-state index contributed by atoms with van der Waals surface area (Å²) < 4.78 is 12.6. The van der Waals surface area contributed by atoms with Gasteiger partial charge < -0.3 is 5.11 Å². The van der Waals surface area contributed by atoms with Crippen molar-refractivity contribution in [3.8, 4) is 5.75 Å². The van der Waals surface area contributed by atoms with E-state index in [2.05, 4.69) is 10.2 Å². The molecule has 0 amide bonds. The van der Waals surface area contributed by atoms with Crippen LogP contribution in [0.5, 0.6) is 5.75 Å². The van der Waals surface area contributed by atoms with Crippen molar-refractivity contribution in [2.45, 2.75) is 0 Å². The Morgan fingerprint density at radius 2 is 1.22 bits per heavy atom. The van der Waals surface area contributed by atoms with Gasteiger partial charge in [0.2, 0.25) is 0 Å². The summed E-state index contributed by atoms with van der Waals surface area (Å²) >= 11 is 0. The number of benzene rings is 2. The zero-order chi connectivity index (χ0) is 12.8. The van der Waals surface area contributed by atoms with Crippen LogP contribution in [0.1, 0.15) is 11.1 Å². The Morgan fingerprint density at radius 1 is 0.778 bits per heavy atom. The van der Waals surface area contributed by atoms with Crippen molar-refractivity contribution in [3.05, 3.63) is 65.5 Å². The van der Waals surface area contributed by atoms with Gasteiger partial charge in [-0.25, -0.2) is 4.39 Å². The lowest BCUT2D eigenvalue weighted by atomic mass is 10.2. The van der Waals surface area contributed by atoms with Gasteiger partial charge in [-0.05, 0) is 47.5 Å². The molecule has 0 aliphatic carbocycles. The highest BCUT2D eigenvalue weighted by Gasteiger charge is 1.89. The molecule has 0 spiro atoms. The highest BCUT2D eigenvalue weighted by atomic mass is 19.1. The first-order chi connectivity index (χ1) is 8.74. The van der Waals surface area contributed by atoms with E-state index in [1.54, 1.807) is 42.6 Å². The van der Waals surface area contributed by atoms with Crippen LogP contribution in [0.15, 0.2) is 58.7 Å². The summed E-state index contributed by atoms with van der Waals surface area (Å²) in [6.07, 6.45) is 3.11. The minimum absolute atomic E-state index is 0.210. The fourth-order valence-electron chi connectivity index (χ4n) is 1.31. The molecule has 0 saturated heterocycles. The second-order valence-electron chi connectivity index (χ2n) is 3.63. The van der Waals surface area contributed by atoms with Crippen LogP contribution in [0.25, 0.3) is 0 Å². The number of hydrogen-bond donors (Lipinski definition) is 1. The van der Waals surface area contributed by atoms with E-state index in [0.29, 0.717) is 0 Å². The van der Waals surface area contributed by atoms with Crippen LogP contribution in [0, 0.1) is 5.82 Å². The van der Waals surface area contributed by atoms with Gasteiger partial charge in [0.1, 0.15) is 11.6 Å². The van der Waals surface area contributed by atoms with Crippen molar-refractivity contribution in [3.63, 3.8) is 0 Å². The molecule has 18 heavy (non-hydrogen) atoms. The number of rotatable bonds is 3. The maximum absolute atomic E-state index is 12.6. The Labute approximate surface area is 104 Å². The maximum Gasteiger partial charge on any atom is 0.123 e. The molecule has 0 heterocycles. The smallest absolute Gasteiger partial charge is 0.123 e. The first-order valence-electron chi connectivity index (χ1n) is 5.35. The molecule has 1 N–H and O–H groups in total. The summed E-state index contributed by atoms with van der Waals surface area (Å²) in [5, 5.41) is 16.8. The van der Waals surface area contributed by atoms with Gasteiger partial charge in [0.05, 0.1) is 12.4 Å². The molecule has 0 atom stereocenters. The molecule has 2 rings (SSSR count). The fourth-order valence-corrected chi connectivity index (χ4v) is 1.31.